The first-order chi connectivity index (χ1) is 12.1. The van der Waals surface area contributed by atoms with E-state index in [-0.39, 0.29) is 6.10 Å². The lowest BCUT2D eigenvalue weighted by Gasteiger charge is -2.23. The Bertz CT molecular complexity index is 493. The maximum atomic E-state index is 10.4. The van der Waals surface area contributed by atoms with Gasteiger partial charge in [0.05, 0.1) is 30.2 Å². The van der Waals surface area contributed by atoms with Gasteiger partial charge in [-0.2, -0.15) is 0 Å². The zero-order chi connectivity index (χ0) is 18.1. The molecule has 6 nitrogen and oxygen atoms in total. The Balaban J connectivity index is 1.84. The fourth-order valence-electron chi connectivity index (χ4n) is 3.15. The van der Waals surface area contributed by atoms with Crippen molar-refractivity contribution in [3.63, 3.8) is 0 Å². The van der Waals surface area contributed by atoms with Crippen LogP contribution in [0, 0.1) is 0 Å². The van der Waals surface area contributed by atoms with E-state index >= 15 is 0 Å². The molecule has 0 spiro atoms. The summed E-state index contributed by atoms with van der Waals surface area (Å²) in [6, 6.07) is 2.01. The molecule has 0 saturated carbocycles. The number of aliphatic hydroxyl groups excluding tert-OH is 3. The standard InChI is InChI=1S/C19H33N3O3/c1-2-17(23)4-5-18(24)6-7-19(25)15-12-16(14-21-13-15)22-10-3-8-20-9-11-22/h12-14,17-20,23-25H,2-11H2,1H3. The highest BCUT2D eigenvalue weighted by atomic mass is 16.3. The molecule has 0 aromatic carbocycles. The molecule has 2 heterocycles. The van der Waals surface area contributed by atoms with Gasteiger partial charge in [-0.1, -0.05) is 6.92 Å². The Morgan fingerprint density at radius 2 is 1.80 bits per heavy atom. The van der Waals surface area contributed by atoms with Gasteiger partial charge in [0.25, 0.3) is 0 Å². The third-order valence-corrected chi connectivity index (χ3v) is 4.91. The molecule has 0 amide bonds. The molecule has 3 unspecified atom stereocenters. The van der Waals surface area contributed by atoms with Gasteiger partial charge in [-0.15, -0.1) is 0 Å². The van der Waals surface area contributed by atoms with Gasteiger partial charge in [-0.25, -0.2) is 0 Å². The monoisotopic (exact) mass is 351 g/mol. The van der Waals surface area contributed by atoms with Crippen LogP contribution in [0.2, 0.25) is 0 Å². The zero-order valence-electron chi connectivity index (χ0n) is 15.3. The minimum Gasteiger partial charge on any atom is -0.393 e. The first-order valence-electron chi connectivity index (χ1n) is 9.55. The van der Waals surface area contributed by atoms with Gasteiger partial charge in [0, 0.05) is 31.4 Å². The minimum absolute atomic E-state index is 0.344. The van der Waals surface area contributed by atoms with E-state index in [2.05, 4.69) is 15.2 Å². The SMILES string of the molecule is CCC(O)CCC(O)CCC(O)c1cncc(N2CCCNCC2)c1. The van der Waals surface area contributed by atoms with Crippen molar-refractivity contribution in [1.29, 1.82) is 0 Å². The quantitative estimate of drug-likeness (QED) is 0.541. The molecule has 25 heavy (non-hydrogen) atoms. The predicted molar refractivity (Wildman–Crippen MR) is 99.7 cm³/mol. The molecule has 0 aliphatic carbocycles. The van der Waals surface area contributed by atoms with Crippen LogP contribution in [-0.2, 0) is 0 Å². The third kappa shape index (κ3) is 6.90. The van der Waals surface area contributed by atoms with Gasteiger partial charge < -0.3 is 25.5 Å². The van der Waals surface area contributed by atoms with E-state index in [1.54, 1.807) is 6.20 Å². The van der Waals surface area contributed by atoms with E-state index in [4.69, 9.17) is 0 Å². The predicted octanol–water partition coefficient (Wildman–Crippen LogP) is 1.61. The summed E-state index contributed by atoms with van der Waals surface area (Å²) in [7, 11) is 0. The molecule has 1 aliphatic rings. The summed E-state index contributed by atoms with van der Waals surface area (Å²) >= 11 is 0. The van der Waals surface area contributed by atoms with Crippen molar-refractivity contribution in [1.82, 2.24) is 10.3 Å². The lowest BCUT2D eigenvalue weighted by Crippen LogP contribution is -2.28. The van der Waals surface area contributed by atoms with Crippen molar-refractivity contribution in [2.24, 2.45) is 0 Å². The Morgan fingerprint density at radius 3 is 2.60 bits per heavy atom. The van der Waals surface area contributed by atoms with Gasteiger partial charge in [0.1, 0.15) is 0 Å². The highest BCUT2D eigenvalue weighted by molar-refractivity contribution is 5.46. The van der Waals surface area contributed by atoms with E-state index in [1.165, 1.54) is 0 Å². The molecule has 3 atom stereocenters. The minimum atomic E-state index is -0.622. The topological polar surface area (TPSA) is 88.8 Å². The van der Waals surface area contributed by atoms with Crippen LogP contribution in [0.1, 0.15) is 57.1 Å². The Hall–Kier alpha value is -1.21. The smallest absolute Gasteiger partial charge is 0.0806 e. The number of pyridine rings is 1. The molecule has 6 heteroatoms. The van der Waals surface area contributed by atoms with Crippen molar-refractivity contribution in [2.75, 3.05) is 31.1 Å². The Labute approximate surface area is 150 Å². The maximum absolute atomic E-state index is 10.4. The molecule has 0 radical (unpaired) electrons. The molecule has 0 bridgehead atoms. The van der Waals surface area contributed by atoms with Gasteiger partial charge in [0.15, 0.2) is 0 Å². The van der Waals surface area contributed by atoms with Crippen LogP contribution in [0.15, 0.2) is 18.5 Å². The Morgan fingerprint density at radius 1 is 1.04 bits per heavy atom. The van der Waals surface area contributed by atoms with Crippen molar-refractivity contribution in [3.8, 4) is 0 Å². The second kappa shape index (κ2) is 10.7. The lowest BCUT2D eigenvalue weighted by molar-refractivity contribution is 0.0873. The van der Waals surface area contributed by atoms with Gasteiger partial charge in [-0.05, 0) is 51.1 Å². The summed E-state index contributed by atoms with van der Waals surface area (Å²) in [6.07, 6.45) is 6.11. The van der Waals surface area contributed by atoms with Gasteiger partial charge in [0.2, 0.25) is 0 Å². The fourth-order valence-corrected chi connectivity index (χ4v) is 3.15. The normalized spacial score (nSPS) is 19.3. The summed E-state index contributed by atoms with van der Waals surface area (Å²) in [6.45, 7) is 5.87. The molecular weight excluding hydrogens is 318 g/mol. The highest BCUT2D eigenvalue weighted by Crippen LogP contribution is 2.24. The lowest BCUT2D eigenvalue weighted by atomic mass is 10.00. The van der Waals surface area contributed by atoms with E-state index < -0.39 is 12.2 Å². The molecule has 1 aromatic rings. The van der Waals surface area contributed by atoms with Crippen LogP contribution < -0.4 is 10.2 Å². The molecule has 1 aliphatic heterocycles. The molecule has 2 rings (SSSR count). The van der Waals surface area contributed by atoms with Crippen molar-refractivity contribution in [3.05, 3.63) is 24.0 Å². The Kier molecular flexibility index (Phi) is 8.61. The van der Waals surface area contributed by atoms with Crippen LogP contribution in [0.4, 0.5) is 5.69 Å². The third-order valence-electron chi connectivity index (χ3n) is 4.91. The van der Waals surface area contributed by atoms with Crippen molar-refractivity contribution < 1.29 is 15.3 Å². The summed E-state index contributed by atoms with van der Waals surface area (Å²) in [4.78, 5) is 6.59. The summed E-state index contributed by atoms with van der Waals surface area (Å²) in [5.74, 6) is 0. The first kappa shape index (κ1) is 20.1. The fraction of sp³-hybridized carbons (Fsp3) is 0.737. The molecule has 1 aromatic heterocycles. The summed E-state index contributed by atoms with van der Waals surface area (Å²) in [5, 5.41) is 33.4. The number of aliphatic hydroxyl groups is 3. The first-order valence-corrected chi connectivity index (χ1v) is 9.55. The molecule has 142 valence electrons. The molecule has 4 N–H and O–H groups in total. The highest BCUT2D eigenvalue weighted by Gasteiger charge is 2.15. The van der Waals surface area contributed by atoms with E-state index in [0.29, 0.717) is 32.1 Å². The number of aromatic nitrogens is 1. The van der Waals surface area contributed by atoms with E-state index in [9.17, 15) is 15.3 Å². The van der Waals surface area contributed by atoms with Crippen LogP contribution in [-0.4, -0.2) is 58.7 Å². The van der Waals surface area contributed by atoms with Crippen LogP contribution in [0.3, 0.4) is 0 Å². The number of hydrogen-bond acceptors (Lipinski definition) is 6. The van der Waals surface area contributed by atoms with Gasteiger partial charge in [-0.3, -0.25) is 4.98 Å². The molecular formula is C19H33N3O3. The largest absolute Gasteiger partial charge is 0.393 e. The van der Waals surface area contributed by atoms with E-state index in [1.807, 2.05) is 19.2 Å². The number of hydrogen-bond donors (Lipinski definition) is 4. The molecule has 1 saturated heterocycles. The van der Waals surface area contributed by atoms with Crippen LogP contribution in [0.5, 0.6) is 0 Å². The van der Waals surface area contributed by atoms with Crippen LogP contribution >= 0.6 is 0 Å². The second-order valence-corrected chi connectivity index (χ2v) is 6.95. The number of nitrogens with one attached hydrogen (secondary N) is 1. The maximum Gasteiger partial charge on any atom is 0.0806 e. The average Bonchev–Trinajstić information content (AvgIpc) is 2.93. The van der Waals surface area contributed by atoms with E-state index in [0.717, 1.165) is 43.9 Å². The van der Waals surface area contributed by atoms with Crippen molar-refractivity contribution >= 4 is 5.69 Å². The second-order valence-electron chi connectivity index (χ2n) is 6.95. The molecule has 1 fully saturated rings. The zero-order valence-corrected chi connectivity index (χ0v) is 15.3. The number of rotatable bonds is 9. The van der Waals surface area contributed by atoms with Crippen molar-refractivity contribution in [2.45, 2.75) is 63.8 Å². The number of nitrogens with zero attached hydrogens (tertiary/aromatic N) is 2. The summed E-state index contributed by atoms with van der Waals surface area (Å²) in [5.41, 5.74) is 1.85. The number of anilines is 1. The average molecular weight is 351 g/mol. The van der Waals surface area contributed by atoms with Gasteiger partial charge >= 0.3 is 0 Å². The summed E-state index contributed by atoms with van der Waals surface area (Å²) < 4.78 is 0. The van der Waals surface area contributed by atoms with Crippen LogP contribution in [0.25, 0.3) is 0 Å².